The fourth-order valence-corrected chi connectivity index (χ4v) is 2.65. The van der Waals surface area contributed by atoms with Gasteiger partial charge in [0.25, 0.3) is 0 Å². The van der Waals surface area contributed by atoms with Crippen LogP contribution >= 0.6 is 0 Å². The fraction of sp³-hybridized carbons (Fsp3) is 0.944. The molecule has 0 aromatic heterocycles. The molecule has 4 heteroatoms. The van der Waals surface area contributed by atoms with E-state index in [4.69, 9.17) is 5.11 Å². The Hall–Kier alpha value is 0.170. The van der Waals surface area contributed by atoms with Gasteiger partial charge >= 0.3 is 22.4 Å². The van der Waals surface area contributed by atoms with Crippen molar-refractivity contribution in [3.63, 3.8) is 0 Å². The molecular weight excluding hydrogens is 372 g/mol. The summed E-state index contributed by atoms with van der Waals surface area (Å²) in [6.45, 7) is 2.26. The maximum atomic E-state index is 10.3. The van der Waals surface area contributed by atoms with Crippen LogP contribution in [0.15, 0.2) is 0 Å². The van der Waals surface area contributed by atoms with Crippen LogP contribution in [0.1, 0.15) is 103 Å². The molecule has 0 bridgehead atoms. The Kier molecular flexibility index (Phi) is 21.3. The molecule has 0 aliphatic heterocycles. The molecule has 0 fully saturated rings. The Morgan fingerprint density at radius 1 is 0.773 bits per heavy atom. The Bertz CT molecular complexity index is 234. The first-order valence-corrected chi connectivity index (χ1v) is 9.07. The van der Waals surface area contributed by atoms with Crippen LogP contribution < -0.4 is 5.11 Å². The number of aliphatic hydroxyl groups excluding tert-OH is 1. The Labute approximate surface area is 152 Å². The van der Waals surface area contributed by atoms with Crippen molar-refractivity contribution in [2.45, 2.75) is 109 Å². The summed E-state index contributed by atoms with van der Waals surface area (Å²) in [4.78, 5) is 10.3. The molecule has 0 saturated heterocycles. The molecule has 1 unspecified atom stereocenters. The normalized spacial score (nSPS) is 11.9. The van der Waals surface area contributed by atoms with E-state index in [1.165, 1.54) is 70.6 Å². The van der Waals surface area contributed by atoms with Crippen LogP contribution in [0.2, 0.25) is 0 Å². The molecule has 0 aromatic rings. The number of carbonyl (C=O) groups excluding carboxylic acids is 1. The average Bonchev–Trinajstić information content (AvgIpc) is 2.47. The van der Waals surface area contributed by atoms with Gasteiger partial charge in [0.15, 0.2) is 0 Å². The van der Waals surface area contributed by atoms with Gasteiger partial charge in [0.05, 0.1) is 12.1 Å². The Balaban J connectivity index is 0. The van der Waals surface area contributed by atoms with E-state index in [2.05, 4.69) is 6.92 Å². The predicted molar refractivity (Wildman–Crippen MR) is 85.9 cm³/mol. The maximum Gasteiger partial charge on any atom is 1.00 e. The number of hydrogen-bond acceptors (Lipinski definition) is 3. The molecule has 0 heterocycles. The number of carboxylic acids is 1. The average molecular weight is 407 g/mol. The van der Waals surface area contributed by atoms with Crippen molar-refractivity contribution in [3.8, 4) is 0 Å². The summed E-state index contributed by atoms with van der Waals surface area (Å²) >= 11 is 0. The minimum Gasteiger partial charge on any atom is -0.547 e. The van der Waals surface area contributed by atoms with E-state index in [1.54, 1.807) is 0 Å². The molecule has 0 rings (SSSR count). The second kappa shape index (κ2) is 19.2. The van der Waals surface area contributed by atoms with Gasteiger partial charge in [-0.05, 0) is 6.42 Å². The summed E-state index contributed by atoms with van der Waals surface area (Å²) in [6.07, 6.45) is 16.9. The van der Waals surface area contributed by atoms with Crippen molar-refractivity contribution < 1.29 is 37.4 Å². The predicted octanol–water partition coefficient (Wildman–Crippen LogP) is 3.97. The minimum absolute atomic E-state index is 0. The molecule has 136 valence electrons. The van der Waals surface area contributed by atoms with Crippen LogP contribution in [-0.4, -0.2) is 17.2 Å². The van der Waals surface area contributed by atoms with Crippen molar-refractivity contribution in [1.29, 1.82) is 0 Å². The molecule has 0 spiro atoms. The Morgan fingerprint density at radius 2 is 1.09 bits per heavy atom. The van der Waals surface area contributed by atoms with Crippen molar-refractivity contribution in [1.82, 2.24) is 0 Å². The zero-order valence-corrected chi connectivity index (χ0v) is 15.7. The number of aliphatic hydroxyl groups is 1. The van der Waals surface area contributed by atoms with E-state index < -0.39 is 12.1 Å². The van der Waals surface area contributed by atoms with Gasteiger partial charge in [-0.1, -0.05) is 96.8 Å². The quantitative estimate of drug-likeness (QED) is 0.311. The Morgan fingerprint density at radius 3 is 1.41 bits per heavy atom. The second-order valence-electron chi connectivity index (χ2n) is 6.22. The summed E-state index contributed by atoms with van der Waals surface area (Å²) in [5.41, 5.74) is 0. The van der Waals surface area contributed by atoms with Crippen molar-refractivity contribution in [3.05, 3.63) is 0 Å². The number of hydrogen-bond donors (Lipinski definition) is 1. The first-order chi connectivity index (χ1) is 10.2. The van der Waals surface area contributed by atoms with Gasteiger partial charge in [-0.15, -0.1) is 0 Å². The zero-order valence-electron chi connectivity index (χ0n) is 14.2. The van der Waals surface area contributed by atoms with Crippen molar-refractivity contribution in [2.75, 3.05) is 0 Å². The molecule has 1 N–H and O–H groups in total. The van der Waals surface area contributed by atoms with Gasteiger partial charge in [-0.3, -0.25) is 0 Å². The molecule has 22 heavy (non-hydrogen) atoms. The monoisotopic (exact) mass is 406 g/mol. The van der Waals surface area contributed by atoms with E-state index in [0.717, 1.165) is 19.3 Å². The molecule has 0 aliphatic rings. The van der Waals surface area contributed by atoms with Crippen LogP contribution in [-0.2, 0) is 27.2 Å². The van der Waals surface area contributed by atoms with Gasteiger partial charge in [-0.2, -0.15) is 0 Å². The zero-order chi connectivity index (χ0) is 15.8. The minimum atomic E-state index is -1.34. The number of carbonyl (C=O) groups is 1. The summed E-state index contributed by atoms with van der Waals surface area (Å²) in [5, 5.41) is 19.4. The van der Waals surface area contributed by atoms with Crippen LogP contribution in [0, 0.1) is 0 Å². The third-order valence-electron chi connectivity index (χ3n) is 4.10. The largest absolute Gasteiger partial charge is 1.00 e. The second-order valence-corrected chi connectivity index (χ2v) is 6.22. The smallest absolute Gasteiger partial charge is 0.547 e. The molecule has 0 radical (unpaired) electrons. The molecule has 0 saturated carbocycles. The molecule has 1 atom stereocenters. The third kappa shape index (κ3) is 18.2. The standard InChI is InChI=1S/C18H36O3.Ag/c1-2-3-4-5-6-7-8-9-10-11-12-13-14-15-16-17(19)18(20)21;/h17,19H,2-16H2,1H3,(H,20,21);/q;+1/p-1. The van der Waals surface area contributed by atoms with Crippen molar-refractivity contribution in [2.24, 2.45) is 0 Å². The van der Waals surface area contributed by atoms with Gasteiger partial charge < -0.3 is 15.0 Å². The molecule has 0 aromatic carbocycles. The number of carboxylic acid groups (broad SMARTS) is 1. The molecule has 3 nitrogen and oxygen atoms in total. The van der Waals surface area contributed by atoms with E-state index in [9.17, 15) is 9.90 Å². The fourth-order valence-electron chi connectivity index (χ4n) is 2.65. The summed E-state index contributed by atoms with van der Waals surface area (Å²) < 4.78 is 0. The summed E-state index contributed by atoms with van der Waals surface area (Å²) in [6, 6.07) is 0. The maximum absolute atomic E-state index is 10.3. The van der Waals surface area contributed by atoms with Crippen LogP contribution in [0.25, 0.3) is 0 Å². The first kappa shape index (κ1) is 24.4. The molecule has 0 amide bonds. The SMILES string of the molecule is CCCCCCCCCCCCCCCCC(O)C(=O)[O-].[Ag+]. The summed E-state index contributed by atoms with van der Waals surface area (Å²) in [5.74, 6) is -1.34. The number of aliphatic carboxylic acids is 1. The van der Waals surface area contributed by atoms with Gasteiger partial charge in [-0.25, -0.2) is 0 Å². The van der Waals surface area contributed by atoms with E-state index in [-0.39, 0.29) is 22.4 Å². The van der Waals surface area contributed by atoms with Gasteiger partial charge in [0.2, 0.25) is 0 Å². The number of unbranched alkanes of at least 4 members (excludes halogenated alkanes) is 13. The van der Waals surface area contributed by atoms with Crippen molar-refractivity contribution >= 4 is 5.97 Å². The van der Waals surface area contributed by atoms with Crippen LogP contribution in [0.5, 0.6) is 0 Å². The molecule has 0 aliphatic carbocycles. The van der Waals surface area contributed by atoms with Crippen LogP contribution in [0.4, 0.5) is 0 Å². The van der Waals surface area contributed by atoms with E-state index >= 15 is 0 Å². The topological polar surface area (TPSA) is 60.4 Å². The molecular formula is C18H35AgO3. The summed E-state index contributed by atoms with van der Waals surface area (Å²) in [7, 11) is 0. The van der Waals surface area contributed by atoms with Gasteiger partial charge in [0.1, 0.15) is 0 Å². The van der Waals surface area contributed by atoms with E-state index in [1.807, 2.05) is 0 Å². The van der Waals surface area contributed by atoms with Gasteiger partial charge in [0, 0.05) is 0 Å². The van der Waals surface area contributed by atoms with Crippen LogP contribution in [0.3, 0.4) is 0 Å². The third-order valence-corrected chi connectivity index (χ3v) is 4.10. The first-order valence-electron chi connectivity index (χ1n) is 9.07. The number of rotatable bonds is 16. The van der Waals surface area contributed by atoms with E-state index in [0.29, 0.717) is 6.42 Å².